The van der Waals surface area contributed by atoms with Gasteiger partial charge in [0.1, 0.15) is 11.5 Å². The van der Waals surface area contributed by atoms with Crippen LogP contribution in [0.4, 0.5) is 5.69 Å². The monoisotopic (exact) mass is 312 g/mol. The van der Waals surface area contributed by atoms with Crippen molar-refractivity contribution in [3.8, 4) is 11.5 Å². The maximum absolute atomic E-state index is 12.1. The summed E-state index contributed by atoms with van der Waals surface area (Å²) in [5.41, 5.74) is 0.715. The van der Waals surface area contributed by atoms with Gasteiger partial charge in [0.05, 0.1) is 19.1 Å². The van der Waals surface area contributed by atoms with Crippen molar-refractivity contribution in [1.29, 1.82) is 0 Å². The lowest BCUT2D eigenvalue weighted by molar-refractivity contribution is -0.119. The molecule has 5 nitrogen and oxygen atoms in total. The van der Waals surface area contributed by atoms with Gasteiger partial charge in [0.15, 0.2) is 0 Å². The van der Waals surface area contributed by atoms with Crippen molar-refractivity contribution in [1.82, 2.24) is 5.32 Å². The number of rotatable bonds is 5. The van der Waals surface area contributed by atoms with Crippen LogP contribution in [0.2, 0.25) is 0 Å². The predicted octanol–water partition coefficient (Wildman–Crippen LogP) is 2.80. The fraction of sp³-hybridized carbons (Fsp3) is 0.278. The molecule has 1 fully saturated rings. The van der Waals surface area contributed by atoms with Gasteiger partial charge >= 0.3 is 0 Å². The Morgan fingerprint density at radius 1 is 1.17 bits per heavy atom. The Bertz CT molecular complexity index is 640. The first-order valence-corrected chi connectivity index (χ1v) is 7.75. The first-order valence-electron chi connectivity index (χ1n) is 7.75. The third-order valence-corrected chi connectivity index (χ3v) is 3.51. The van der Waals surface area contributed by atoms with Crippen LogP contribution in [0.25, 0.3) is 0 Å². The summed E-state index contributed by atoms with van der Waals surface area (Å²) in [4.78, 5) is 12.1. The smallest absolute Gasteiger partial charge is 0.227 e. The number of carbonyl (C=O) groups is 1. The van der Waals surface area contributed by atoms with Crippen molar-refractivity contribution in [3.05, 3.63) is 54.6 Å². The molecule has 1 aliphatic heterocycles. The normalized spacial score (nSPS) is 17.5. The summed E-state index contributed by atoms with van der Waals surface area (Å²) in [7, 11) is 0. The molecule has 0 saturated carbocycles. The number of hydrogen-bond acceptors (Lipinski definition) is 4. The molecule has 0 radical (unpaired) electrons. The number of anilines is 1. The van der Waals surface area contributed by atoms with Gasteiger partial charge in [0, 0.05) is 24.8 Å². The number of para-hydroxylation sites is 1. The molecule has 0 bridgehead atoms. The highest BCUT2D eigenvalue weighted by Crippen LogP contribution is 2.24. The highest BCUT2D eigenvalue weighted by Gasteiger charge is 2.17. The van der Waals surface area contributed by atoms with Crippen molar-refractivity contribution >= 4 is 11.6 Å². The third-order valence-electron chi connectivity index (χ3n) is 3.51. The summed E-state index contributed by atoms with van der Waals surface area (Å²) in [6.45, 7) is 2.21. The van der Waals surface area contributed by atoms with Crippen LogP contribution in [0.1, 0.15) is 6.42 Å². The van der Waals surface area contributed by atoms with Gasteiger partial charge in [0.25, 0.3) is 0 Å². The van der Waals surface area contributed by atoms with Crippen LogP contribution in [0.15, 0.2) is 54.6 Å². The fourth-order valence-electron chi connectivity index (χ4n) is 2.43. The quantitative estimate of drug-likeness (QED) is 0.891. The highest BCUT2D eigenvalue weighted by molar-refractivity contribution is 5.91. The molecular weight excluding hydrogens is 292 g/mol. The van der Waals surface area contributed by atoms with Gasteiger partial charge in [-0.1, -0.05) is 24.3 Å². The van der Waals surface area contributed by atoms with Gasteiger partial charge < -0.3 is 20.1 Å². The van der Waals surface area contributed by atoms with Crippen LogP contribution in [0.3, 0.4) is 0 Å². The number of ether oxygens (including phenoxy) is 2. The van der Waals surface area contributed by atoms with Crippen LogP contribution >= 0.6 is 0 Å². The Morgan fingerprint density at radius 2 is 2.00 bits per heavy atom. The first-order chi connectivity index (χ1) is 11.3. The van der Waals surface area contributed by atoms with Gasteiger partial charge in [-0.2, -0.15) is 0 Å². The van der Waals surface area contributed by atoms with E-state index in [1.54, 1.807) is 0 Å². The molecule has 1 atom stereocenters. The van der Waals surface area contributed by atoms with Crippen LogP contribution in [-0.4, -0.2) is 31.7 Å². The van der Waals surface area contributed by atoms with Crippen molar-refractivity contribution in [2.24, 2.45) is 0 Å². The minimum Gasteiger partial charge on any atom is -0.457 e. The Hall–Kier alpha value is -2.37. The number of carbonyl (C=O) groups excluding carboxylic acids is 1. The molecule has 23 heavy (non-hydrogen) atoms. The maximum atomic E-state index is 12.1. The average molecular weight is 312 g/mol. The van der Waals surface area contributed by atoms with E-state index in [1.807, 2.05) is 54.6 Å². The molecular formula is C18H20N2O3. The number of hydrogen-bond donors (Lipinski definition) is 2. The second-order valence-electron chi connectivity index (χ2n) is 5.39. The summed E-state index contributed by atoms with van der Waals surface area (Å²) < 4.78 is 11.3. The van der Waals surface area contributed by atoms with E-state index in [0.717, 1.165) is 12.3 Å². The lowest BCUT2D eigenvalue weighted by atomic mass is 10.2. The van der Waals surface area contributed by atoms with E-state index in [1.165, 1.54) is 0 Å². The summed E-state index contributed by atoms with van der Waals surface area (Å²) in [6.07, 6.45) is 0.282. The summed E-state index contributed by atoms with van der Waals surface area (Å²) in [6, 6.07) is 16.9. The molecule has 2 N–H and O–H groups in total. The van der Waals surface area contributed by atoms with E-state index in [0.29, 0.717) is 31.0 Å². The highest BCUT2D eigenvalue weighted by atomic mass is 16.5. The summed E-state index contributed by atoms with van der Waals surface area (Å²) in [5, 5.41) is 6.10. The second-order valence-corrected chi connectivity index (χ2v) is 5.39. The molecule has 1 amide bonds. The van der Waals surface area contributed by atoms with E-state index in [-0.39, 0.29) is 12.0 Å². The molecule has 5 heteroatoms. The number of benzene rings is 2. The third kappa shape index (κ3) is 4.81. The Labute approximate surface area is 135 Å². The zero-order valence-corrected chi connectivity index (χ0v) is 12.8. The first kappa shape index (κ1) is 15.5. The van der Waals surface area contributed by atoms with E-state index in [4.69, 9.17) is 9.47 Å². The Kier molecular flexibility index (Phi) is 5.24. The van der Waals surface area contributed by atoms with Crippen LogP contribution in [0.5, 0.6) is 11.5 Å². The minimum absolute atomic E-state index is 0.0597. The van der Waals surface area contributed by atoms with Crippen LogP contribution < -0.4 is 15.4 Å². The van der Waals surface area contributed by atoms with Gasteiger partial charge in [-0.05, 0) is 24.3 Å². The Morgan fingerprint density at radius 3 is 2.78 bits per heavy atom. The molecule has 0 unspecified atom stereocenters. The molecule has 0 spiro atoms. The van der Waals surface area contributed by atoms with E-state index < -0.39 is 0 Å². The molecule has 1 aliphatic rings. The minimum atomic E-state index is -0.0625. The molecule has 3 rings (SSSR count). The van der Waals surface area contributed by atoms with Gasteiger partial charge in [-0.15, -0.1) is 0 Å². The molecule has 2 aromatic carbocycles. The van der Waals surface area contributed by atoms with E-state index in [2.05, 4.69) is 10.6 Å². The molecule has 120 valence electrons. The largest absolute Gasteiger partial charge is 0.457 e. The zero-order chi connectivity index (χ0) is 15.9. The second kappa shape index (κ2) is 7.76. The van der Waals surface area contributed by atoms with Crippen molar-refractivity contribution in [2.75, 3.05) is 25.0 Å². The van der Waals surface area contributed by atoms with Gasteiger partial charge in [0.2, 0.25) is 5.91 Å². The fourth-order valence-corrected chi connectivity index (χ4v) is 2.43. The lowest BCUT2D eigenvalue weighted by Gasteiger charge is -2.23. The lowest BCUT2D eigenvalue weighted by Crippen LogP contribution is -2.40. The summed E-state index contributed by atoms with van der Waals surface area (Å²) >= 11 is 0. The molecule has 1 heterocycles. The standard InChI is InChI=1S/C18H20N2O3/c21-18(12-17-13-19-9-10-22-17)20-14-5-4-8-16(11-14)23-15-6-2-1-3-7-15/h1-8,11,17,19H,9-10,12-13H2,(H,20,21)/t17-/m1/s1. The number of amides is 1. The Balaban J connectivity index is 1.57. The van der Waals surface area contributed by atoms with Gasteiger partial charge in [-0.3, -0.25) is 4.79 Å². The molecule has 2 aromatic rings. The average Bonchev–Trinajstić information content (AvgIpc) is 2.57. The molecule has 0 aromatic heterocycles. The van der Waals surface area contributed by atoms with Crippen LogP contribution in [-0.2, 0) is 9.53 Å². The van der Waals surface area contributed by atoms with Crippen molar-refractivity contribution < 1.29 is 14.3 Å². The molecule has 1 saturated heterocycles. The zero-order valence-electron chi connectivity index (χ0n) is 12.8. The van der Waals surface area contributed by atoms with Crippen molar-refractivity contribution in [2.45, 2.75) is 12.5 Å². The van der Waals surface area contributed by atoms with E-state index >= 15 is 0 Å². The predicted molar refractivity (Wildman–Crippen MR) is 88.8 cm³/mol. The molecule has 0 aliphatic carbocycles. The number of morpholine rings is 1. The summed E-state index contributed by atoms with van der Waals surface area (Å²) in [5.74, 6) is 1.39. The van der Waals surface area contributed by atoms with Crippen molar-refractivity contribution in [3.63, 3.8) is 0 Å². The number of nitrogens with one attached hydrogen (secondary N) is 2. The van der Waals surface area contributed by atoms with Crippen LogP contribution in [0, 0.1) is 0 Å². The maximum Gasteiger partial charge on any atom is 0.227 e. The topological polar surface area (TPSA) is 59.6 Å². The SMILES string of the molecule is O=C(C[C@@H]1CNCCO1)Nc1cccc(Oc2ccccc2)c1. The van der Waals surface area contributed by atoms with E-state index in [9.17, 15) is 4.79 Å². The van der Waals surface area contributed by atoms with Gasteiger partial charge in [-0.25, -0.2) is 0 Å².